The lowest BCUT2D eigenvalue weighted by Gasteiger charge is -2.26. The lowest BCUT2D eigenvalue weighted by atomic mass is 9.84. The summed E-state index contributed by atoms with van der Waals surface area (Å²) in [5, 5.41) is 5.75. The molecule has 1 saturated carbocycles. The molecule has 0 radical (unpaired) electrons. The summed E-state index contributed by atoms with van der Waals surface area (Å²) >= 11 is 0. The summed E-state index contributed by atoms with van der Waals surface area (Å²) in [7, 11) is 2.12. The van der Waals surface area contributed by atoms with E-state index in [1.807, 2.05) is 19.3 Å². The smallest absolute Gasteiger partial charge is 0.338 e. The van der Waals surface area contributed by atoms with Crippen LogP contribution in [0.15, 0.2) is 41.8 Å². The fourth-order valence-corrected chi connectivity index (χ4v) is 5.32. The van der Waals surface area contributed by atoms with Crippen molar-refractivity contribution in [2.24, 2.45) is 24.0 Å². The monoisotopic (exact) mass is 418 g/mol. The Kier molecular flexibility index (Phi) is 5.38. The zero-order valence-electron chi connectivity index (χ0n) is 18.4. The van der Waals surface area contributed by atoms with E-state index in [0.29, 0.717) is 0 Å². The van der Waals surface area contributed by atoms with E-state index in [1.54, 1.807) is 0 Å². The second-order valence-corrected chi connectivity index (χ2v) is 8.98. The molecule has 2 aliphatic carbocycles. The van der Waals surface area contributed by atoms with Crippen molar-refractivity contribution in [2.75, 3.05) is 0 Å². The van der Waals surface area contributed by atoms with Gasteiger partial charge >= 0.3 is 5.97 Å². The number of carbonyl (C=O) groups excluding carboxylic acids is 1. The zero-order valence-corrected chi connectivity index (χ0v) is 18.4. The average Bonchev–Trinajstić information content (AvgIpc) is 3.34. The third-order valence-corrected chi connectivity index (χ3v) is 7.11. The lowest BCUT2D eigenvalue weighted by molar-refractivity contribution is -0.149. The van der Waals surface area contributed by atoms with Crippen LogP contribution < -0.4 is 0 Å². The topological polar surface area (TPSA) is 61.4 Å². The Bertz CT molecular complexity index is 1130. The van der Waals surface area contributed by atoms with E-state index < -0.39 is 0 Å². The van der Waals surface area contributed by atoms with Crippen LogP contribution in [-0.2, 0) is 29.6 Å². The molecule has 162 valence electrons. The highest BCUT2D eigenvalue weighted by atomic mass is 16.7. The van der Waals surface area contributed by atoms with Gasteiger partial charge in [0.25, 0.3) is 0 Å². The highest BCUT2D eigenvalue weighted by molar-refractivity contribution is 6.14. The van der Waals surface area contributed by atoms with Crippen LogP contribution in [0.1, 0.15) is 55.6 Å². The zero-order chi connectivity index (χ0) is 21.4. The van der Waals surface area contributed by atoms with Gasteiger partial charge < -0.3 is 14.0 Å². The third kappa shape index (κ3) is 3.68. The van der Waals surface area contributed by atoms with E-state index in [4.69, 9.17) is 4.84 Å². The van der Waals surface area contributed by atoms with Crippen LogP contribution in [0.3, 0.4) is 0 Å². The van der Waals surface area contributed by atoms with Gasteiger partial charge in [-0.15, -0.1) is 0 Å². The van der Waals surface area contributed by atoms with Crippen LogP contribution in [0.5, 0.6) is 0 Å². The standard InChI is InChI=1S/C25H30N4O2/c1-17-26-14-15-29(17)16-19-12-13-22-23(20-10-6-7-11-21(20)28(22)2)24(19)27-31-25(30)18-8-4-3-5-9-18/h6-7,10-11,14-15,18-19H,3-5,8-9,12-13,16H2,1-2H3. The first kappa shape index (κ1) is 20.0. The quantitative estimate of drug-likeness (QED) is 0.453. The molecule has 0 bridgehead atoms. The molecule has 1 atom stereocenters. The number of hydrogen-bond donors (Lipinski definition) is 0. The van der Waals surface area contributed by atoms with Gasteiger partial charge in [0.05, 0.1) is 11.6 Å². The molecule has 1 aromatic carbocycles. The molecular weight excluding hydrogens is 388 g/mol. The molecule has 1 fully saturated rings. The number of rotatable bonds is 4. The molecule has 2 aliphatic rings. The molecule has 0 N–H and O–H groups in total. The molecule has 2 heterocycles. The number of imidazole rings is 1. The Balaban J connectivity index is 1.53. The third-order valence-electron chi connectivity index (χ3n) is 7.11. The Hall–Kier alpha value is -2.89. The molecule has 3 aromatic rings. The van der Waals surface area contributed by atoms with Crippen molar-refractivity contribution in [3.63, 3.8) is 0 Å². The van der Waals surface area contributed by atoms with Gasteiger partial charge in [-0.3, -0.25) is 0 Å². The highest BCUT2D eigenvalue weighted by Gasteiger charge is 2.32. The molecule has 1 unspecified atom stereocenters. The van der Waals surface area contributed by atoms with Gasteiger partial charge in [0.15, 0.2) is 0 Å². The number of hydrogen-bond acceptors (Lipinski definition) is 4. The first-order valence-electron chi connectivity index (χ1n) is 11.5. The van der Waals surface area contributed by atoms with Gasteiger partial charge in [0.1, 0.15) is 5.82 Å². The van der Waals surface area contributed by atoms with Gasteiger partial charge in [-0.05, 0) is 38.7 Å². The molecule has 0 saturated heterocycles. The minimum Gasteiger partial charge on any atom is -0.347 e. The molecule has 0 aliphatic heterocycles. The van der Waals surface area contributed by atoms with Gasteiger partial charge in [0, 0.05) is 54.1 Å². The summed E-state index contributed by atoms with van der Waals surface area (Å²) in [5.74, 6) is 0.979. The van der Waals surface area contributed by atoms with Crippen molar-refractivity contribution < 1.29 is 9.63 Å². The number of aromatic nitrogens is 3. The lowest BCUT2D eigenvalue weighted by Crippen LogP contribution is -2.29. The largest absolute Gasteiger partial charge is 0.347 e. The Labute approximate surface area is 182 Å². The van der Waals surface area contributed by atoms with Crippen molar-refractivity contribution in [1.29, 1.82) is 0 Å². The molecule has 5 rings (SSSR count). The van der Waals surface area contributed by atoms with Crippen LogP contribution in [0.4, 0.5) is 0 Å². The molecule has 6 nitrogen and oxygen atoms in total. The van der Waals surface area contributed by atoms with Crippen LogP contribution in [-0.4, -0.2) is 25.8 Å². The Morgan fingerprint density at radius 1 is 1.19 bits per heavy atom. The highest BCUT2D eigenvalue weighted by Crippen LogP contribution is 2.35. The maximum atomic E-state index is 12.7. The molecule has 2 aromatic heterocycles. The van der Waals surface area contributed by atoms with Gasteiger partial charge in [-0.25, -0.2) is 9.78 Å². The van der Waals surface area contributed by atoms with Crippen LogP contribution in [0.2, 0.25) is 0 Å². The van der Waals surface area contributed by atoms with Crippen molar-refractivity contribution in [3.05, 3.63) is 53.7 Å². The fourth-order valence-electron chi connectivity index (χ4n) is 5.32. The maximum absolute atomic E-state index is 12.7. The van der Waals surface area contributed by atoms with Crippen molar-refractivity contribution in [2.45, 2.75) is 58.4 Å². The minimum atomic E-state index is -0.169. The number of oxime groups is 1. The van der Waals surface area contributed by atoms with Gasteiger partial charge in [-0.1, -0.05) is 42.6 Å². The molecule has 0 spiro atoms. The summed E-state index contributed by atoms with van der Waals surface area (Å²) < 4.78 is 4.43. The number of aryl methyl sites for hydroxylation is 2. The number of para-hydroxylation sites is 1. The summed E-state index contributed by atoms with van der Waals surface area (Å²) in [6, 6.07) is 8.43. The van der Waals surface area contributed by atoms with E-state index in [9.17, 15) is 4.79 Å². The van der Waals surface area contributed by atoms with Gasteiger partial charge in [-0.2, -0.15) is 0 Å². The molecule has 0 amide bonds. The number of benzene rings is 1. The van der Waals surface area contributed by atoms with Crippen molar-refractivity contribution in [3.8, 4) is 0 Å². The average molecular weight is 419 g/mol. The summed E-state index contributed by atoms with van der Waals surface area (Å²) in [6.45, 7) is 2.81. The van der Waals surface area contributed by atoms with Crippen LogP contribution >= 0.6 is 0 Å². The summed E-state index contributed by atoms with van der Waals surface area (Å²) in [5.41, 5.74) is 4.50. The van der Waals surface area contributed by atoms with E-state index >= 15 is 0 Å². The summed E-state index contributed by atoms with van der Waals surface area (Å²) in [4.78, 5) is 22.8. The Morgan fingerprint density at radius 2 is 2.00 bits per heavy atom. The van der Waals surface area contributed by atoms with E-state index in [1.165, 1.54) is 23.0 Å². The maximum Gasteiger partial charge on any atom is 0.338 e. The first-order chi connectivity index (χ1) is 15.1. The van der Waals surface area contributed by atoms with E-state index in [0.717, 1.165) is 62.2 Å². The molecule has 6 heteroatoms. The predicted octanol–water partition coefficient (Wildman–Crippen LogP) is 4.77. The molecular formula is C25H30N4O2. The van der Waals surface area contributed by atoms with Crippen LogP contribution in [0.25, 0.3) is 10.9 Å². The van der Waals surface area contributed by atoms with Crippen molar-refractivity contribution >= 4 is 22.6 Å². The number of carbonyl (C=O) groups is 1. The van der Waals surface area contributed by atoms with Gasteiger partial charge in [0.2, 0.25) is 0 Å². The number of fused-ring (bicyclic) bond motifs is 3. The number of nitrogens with zero attached hydrogens (tertiary/aromatic N) is 4. The SMILES string of the molecule is Cc1nccn1CC1CCc2c(c3ccccc3n2C)C1=NOC(=O)C1CCCCC1. The fraction of sp³-hybridized carbons (Fsp3) is 0.480. The predicted molar refractivity (Wildman–Crippen MR) is 121 cm³/mol. The van der Waals surface area contributed by atoms with E-state index in [-0.39, 0.29) is 17.8 Å². The minimum absolute atomic E-state index is 0.0111. The second kappa shape index (κ2) is 8.33. The van der Waals surface area contributed by atoms with E-state index in [2.05, 4.69) is 50.6 Å². The first-order valence-corrected chi connectivity index (χ1v) is 11.5. The Morgan fingerprint density at radius 3 is 2.77 bits per heavy atom. The summed E-state index contributed by atoms with van der Waals surface area (Å²) in [6.07, 6.45) is 11.1. The normalized spacial score (nSPS) is 20.8. The second-order valence-electron chi connectivity index (χ2n) is 8.98. The van der Waals surface area contributed by atoms with Crippen LogP contribution in [0, 0.1) is 18.8 Å². The van der Waals surface area contributed by atoms with Crippen molar-refractivity contribution in [1.82, 2.24) is 14.1 Å². The molecule has 31 heavy (non-hydrogen) atoms.